The number of benzene rings is 1. The Bertz CT molecular complexity index is 584. The van der Waals surface area contributed by atoms with Gasteiger partial charge in [0.05, 0.1) is 17.6 Å². The molecule has 92 valence electrons. The highest BCUT2D eigenvalue weighted by Gasteiger charge is 2.10. The van der Waals surface area contributed by atoms with Crippen molar-refractivity contribution in [3.8, 4) is 0 Å². The molecular formula is C12H9Br2N3O. The van der Waals surface area contributed by atoms with Gasteiger partial charge in [0.15, 0.2) is 0 Å². The average molecular weight is 371 g/mol. The summed E-state index contributed by atoms with van der Waals surface area (Å²) < 4.78 is 1.73. The summed E-state index contributed by atoms with van der Waals surface area (Å²) in [6, 6.07) is 5.51. The number of rotatable bonds is 2. The van der Waals surface area contributed by atoms with E-state index in [0.717, 1.165) is 14.6 Å². The number of hydrogen-bond donors (Lipinski definition) is 1. The van der Waals surface area contributed by atoms with Gasteiger partial charge in [0.25, 0.3) is 5.91 Å². The fourth-order valence-corrected chi connectivity index (χ4v) is 2.43. The fourth-order valence-electron chi connectivity index (χ4n) is 1.29. The number of hydrogen-bond acceptors (Lipinski definition) is 3. The van der Waals surface area contributed by atoms with Crippen molar-refractivity contribution in [1.82, 2.24) is 9.97 Å². The smallest absolute Gasteiger partial charge is 0.275 e. The maximum Gasteiger partial charge on any atom is 0.275 e. The van der Waals surface area contributed by atoms with Gasteiger partial charge >= 0.3 is 0 Å². The van der Waals surface area contributed by atoms with Crippen LogP contribution in [0.25, 0.3) is 0 Å². The van der Waals surface area contributed by atoms with Gasteiger partial charge in [-0.15, -0.1) is 0 Å². The highest BCUT2D eigenvalue weighted by molar-refractivity contribution is 9.11. The Labute approximate surface area is 121 Å². The molecule has 4 nitrogen and oxygen atoms in total. The van der Waals surface area contributed by atoms with E-state index in [2.05, 4.69) is 47.1 Å². The molecule has 0 atom stereocenters. The molecule has 0 aliphatic heterocycles. The van der Waals surface area contributed by atoms with E-state index in [1.165, 1.54) is 6.20 Å². The third-order valence-corrected chi connectivity index (χ3v) is 3.34. The number of nitrogens with one attached hydrogen (secondary N) is 1. The maximum atomic E-state index is 11.9. The number of amides is 1. The van der Waals surface area contributed by atoms with Gasteiger partial charge < -0.3 is 5.32 Å². The molecule has 1 N–H and O–H groups in total. The van der Waals surface area contributed by atoms with Crippen molar-refractivity contribution < 1.29 is 4.79 Å². The van der Waals surface area contributed by atoms with Crippen molar-refractivity contribution in [3.63, 3.8) is 0 Å². The Hall–Kier alpha value is -1.27. The van der Waals surface area contributed by atoms with Gasteiger partial charge in [0, 0.05) is 15.1 Å². The molecule has 0 aliphatic carbocycles. The molecule has 6 heteroatoms. The predicted molar refractivity (Wildman–Crippen MR) is 76.6 cm³/mol. The lowest BCUT2D eigenvalue weighted by atomic mass is 10.3. The van der Waals surface area contributed by atoms with E-state index >= 15 is 0 Å². The van der Waals surface area contributed by atoms with E-state index < -0.39 is 0 Å². The van der Waals surface area contributed by atoms with Crippen molar-refractivity contribution >= 4 is 43.5 Å². The van der Waals surface area contributed by atoms with Gasteiger partial charge in [0.2, 0.25) is 0 Å². The molecule has 0 spiro atoms. The quantitative estimate of drug-likeness (QED) is 0.879. The monoisotopic (exact) mass is 369 g/mol. The van der Waals surface area contributed by atoms with Crippen LogP contribution >= 0.6 is 31.9 Å². The third-order valence-electron chi connectivity index (χ3n) is 2.19. The number of anilines is 1. The van der Waals surface area contributed by atoms with E-state index in [4.69, 9.17) is 0 Å². The van der Waals surface area contributed by atoms with E-state index in [-0.39, 0.29) is 11.6 Å². The lowest BCUT2D eigenvalue weighted by molar-refractivity contribution is 0.102. The van der Waals surface area contributed by atoms with Gasteiger partial charge in [-0.05, 0) is 41.1 Å². The fraction of sp³-hybridized carbons (Fsp3) is 0.0833. The van der Waals surface area contributed by atoms with Gasteiger partial charge in [0.1, 0.15) is 5.69 Å². The SMILES string of the molecule is Cc1cnc(C(=O)Nc2ccc(Br)cc2Br)cn1. The molecule has 2 aromatic rings. The molecule has 0 fully saturated rings. The standard InChI is InChI=1S/C12H9Br2N3O/c1-7-5-16-11(6-15-7)12(18)17-10-3-2-8(13)4-9(10)14/h2-6H,1H3,(H,17,18). The van der Waals surface area contributed by atoms with Crippen LogP contribution in [0.1, 0.15) is 16.2 Å². The Morgan fingerprint density at radius 1 is 1.22 bits per heavy atom. The highest BCUT2D eigenvalue weighted by atomic mass is 79.9. The molecule has 1 aromatic carbocycles. The zero-order valence-corrected chi connectivity index (χ0v) is 12.6. The number of carbonyl (C=O) groups is 1. The van der Waals surface area contributed by atoms with Crippen LogP contribution in [0, 0.1) is 6.92 Å². The van der Waals surface area contributed by atoms with Gasteiger partial charge in [-0.25, -0.2) is 4.98 Å². The molecule has 18 heavy (non-hydrogen) atoms. The average Bonchev–Trinajstić information content (AvgIpc) is 2.33. The summed E-state index contributed by atoms with van der Waals surface area (Å²) in [5.74, 6) is -0.287. The van der Waals surface area contributed by atoms with Gasteiger partial charge in [-0.1, -0.05) is 15.9 Å². The van der Waals surface area contributed by atoms with Crippen LogP contribution in [0.15, 0.2) is 39.5 Å². The molecule has 0 radical (unpaired) electrons. The summed E-state index contributed by atoms with van der Waals surface area (Å²) in [4.78, 5) is 20.0. The molecular weight excluding hydrogens is 362 g/mol. The van der Waals surface area contributed by atoms with Crippen LogP contribution in [0.2, 0.25) is 0 Å². The zero-order valence-electron chi connectivity index (χ0n) is 9.45. The largest absolute Gasteiger partial charge is 0.320 e. The van der Waals surface area contributed by atoms with Crippen molar-refractivity contribution in [2.45, 2.75) is 6.92 Å². The summed E-state index contributed by atoms with van der Waals surface area (Å²) in [7, 11) is 0. The Morgan fingerprint density at radius 2 is 2.00 bits per heavy atom. The Kier molecular flexibility index (Phi) is 4.08. The van der Waals surface area contributed by atoms with Crippen LogP contribution in [0.4, 0.5) is 5.69 Å². The lowest BCUT2D eigenvalue weighted by Gasteiger charge is -2.07. The lowest BCUT2D eigenvalue weighted by Crippen LogP contribution is -2.14. The molecule has 0 saturated heterocycles. The van der Waals surface area contributed by atoms with Crippen molar-refractivity contribution in [1.29, 1.82) is 0 Å². The van der Waals surface area contributed by atoms with Gasteiger partial charge in [-0.2, -0.15) is 0 Å². The van der Waals surface area contributed by atoms with Crippen molar-refractivity contribution in [3.05, 3.63) is 50.9 Å². The van der Waals surface area contributed by atoms with E-state index in [1.807, 2.05) is 19.1 Å². The molecule has 2 rings (SSSR count). The summed E-state index contributed by atoms with van der Waals surface area (Å²) in [6.07, 6.45) is 3.02. The summed E-state index contributed by atoms with van der Waals surface area (Å²) in [6.45, 7) is 1.82. The second-order valence-electron chi connectivity index (χ2n) is 3.62. The normalized spacial score (nSPS) is 10.2. The first-order chi connectivity index (χ1) is 8.56. The van der Waals surface area contributed by atoms with Crippen LogP contribution in [0.5, 0.6) is 0 Å². The minimum atomic E-state index is -0.287. The maximum absolute atomic E-state index is 11.9. The van der Waals surface area contributed by atoms with Crippen molar-refractivity contribution in [2.75, 3.05) is 5.32 Å². The van der Waals surface area contributed by atoms with E-state index in [0.29, 0.717) is 5.69 Å². The molecule has 0 aliphatic rings. The molecule has 1 amide bonds. The van der Waals surface area contributed by atoms with Gasteiger partial charge in [-0.3, -0.25) is 9.78 Å². The molecule has 0 bridgehead atoms. The number of aromatic nitrogens is 2. The summed E-state index contributed by atoms with van der Waals surface area (Å²) in [5.41, 5.74) is 1.75. The van der Waals surface area contributed by atoms with Crippen LogP contribution < -0.4 is 5.32 Å². The second-order valence-corrected chi connectivity index (χ2v) is 5.39. The van der Waals surface area contributed by atoms with Crippen LogP contribution in [-0.2, 0) is 0 Å². The molecule has 1 aromatic heterocycles. The first-order valence-electron chi connectivity index (χ1n) is 5.11. The first kappa shape index (κ1) is 13.2. The minimum absolute atomic E-state index is 0.287. The number of halogens is 2. The van der Waals surface area contributed by atoms with Crippen LogP contribution in [-0.4, -0.2) is 15.9 Å². The van der Waals surface area contributed by atoms with E-state index in [9.17, 15) is 4.79 Å². The first-order valence-corrected chi connectivity index (χ1v) is 6.70. The predicted octanol–water partition coefficient (Wildman–Crippen LogP) is 3.56. The topological polar surface area (TPSA) is 54.9 Å². The highest BCUT2D eigenvalue weighted by Crippen LogP contribution is 2.26. The Morgan fingerprint density at radius 3 is 2.61 bits per heavy atom. The number of carbonyl (C=O) groups excluding carboxylic acids is 1. The molecule has 0 unspecified atom stereocenters. The summed E-state index contributed by atoms with van der Waals surface area (Å²) in [5, 5.41) is 2.76. The number of aryl methyl sites for hydroxylation is 1. The second kappa shape index (κ2) is 5.58. The van der Waals surface area contributed by atoms with E-state index in [1.54, 1.807) is 12.3 Å². The molecule has 0 saturated carbocycles. The van der Waals surface area contributed by atoms with Crippen LogP contribution in [0.3, 0.4) is 0 Å². The Balaban J connectivity index is 2.18. The molecule has 1 heterocycles. The zero-order chi connectivity index (χ0) is 13.1. The summed E-state index contributed by atoms with van der Waals surface area (Å²) >= 11 is 6.73. The third kappa shape index (κ3) is 3.14. The minimum Gasteiger partial charge on any atom is -0.320 e. The van der Waals surface area contributed by atoms with Crippen molar-refractivity contribution in [2.24, 2.45) is 0 Å². The number of nitrogens with zero attached hydrogens (tertiary/aromatic N) is 2.